The van der Waals surface area contributed by atoms with E-state index < -0.39 is 0 Å². The first kappa shape index (κ1) is 11.8. The number of nitrogen functional groups attached to an aromatic ring is 1. The van der Waals surface area contributed by atoms with E-state index in [1.54, 1.807) is 23.3 Å². The molecule has 0 saturated heterocycles. The fraction of sp³-hybridized carbons (Fsp3) is 0.455. The standard InChI is InChI=1S/C11H16N8/c12-18-10-15-9(14-4-3-8-1-2-8)16-11(17-10)19-6-5-13-7-19/h5-8H,1-4,12H2,(H2,14,15,16,17,18). The molecule has 1 aliphatic rings. The predicted octanol–water partition coefficient (Wildman–Crippen LogP) is 0.555. The van der Waals surface area contributed by atoms with Gasteiger partial charge in [-0.05, 0) is 12.3 Å². The lowest BCUT2D eigenvalue weighted by atomic mass is 10.3. The van der Waals surface area contributed by atoms with Crippen LogP contribution in [0.2, 0.25) is 0 Å². The molecule has 1 fully saturated rings. The van der Waals surface area contributed by atoms with Gasteiger partial charge in [0.05, 0.1) is 0 Å². The van der Waals surface area contributed by atoms with Crippen LogP contribution < -0.4 is 16.6 Å². The van der Waals surface area contributed by atoms with Crippen molar-refractivity contribution in [1.29, 1.82) is 0 Å². The average molecular weight is 260 g/mol. The van der Waals surface area contributed by atoms with Gasteiger partial charge in [-0.25, -0.2) is 10.8 Å². The Balaban J connectivity index is 1.76. The second-order valence-electron chi connectivity index (χ2n) is 4.56. The zero-order valence-electron chi connectivity index (χ0n) is 10.5. The normalized spacial score (nSPS) is 14.4. The molecular formula is C11H16N8. The fourth-order valence-corrected chi connectivity index (χ4v) is 1.80. The van der Waals surface area contributed by atoms with E-state index in [1.807, 2.05) is 0 Å². The Morgan fingerprint density at radius 2 is 2.11 bits per heavy atom. The van der Waals surface area contributed by atoms with E-state index in [-0.39, 0.29) is 0 Å². The van der Waals surface area contributed by atoms with Crippen LogP contribution in [-0.2, 0) is 0 Å². The SMILES string of the molecule is NNc1nc(NCCC2CC2)nc(-n2ccnc2)n1. The van der Waals surface area contributed by atoms with Gasteiger partial charge in [0.15, 0.2) is 0 Å². The Labute approximate surface area is 110 Å². The Hall–Kier alpha value is -2.22. The molecule has 2 aromatic rings. The topological polar surface area (TPSA) is 107 Å². The molecule has 0 spiro atoms. The smallest absolute Gasteiger partial charge is 0.243 e. The summed E-state index contributed by atoms with van der Waals surface area (Å²) in [5.41, 5.74) is 2.45. The molecule has 0 bridgehead atoms. The zero-order chi connectivity index (χ0) is 13.1. The van der Waals surface area contributed by atoms with Crippen molar-refractivity contribution in [3.8, 4) is 5.95 Å². The average Bonchev–Trinajstić information content (AvgIpc) is 3.09. The predicted molar refractivity (Wildman–Crippen MR) is 70.6 cm³/mol. The first-order chi connectivity index (χ1) is 9.35. The highest BCUT2D eigenvalue weighted by atomic mass is 15.4. The van der Waals surface area contributed by atoms with Crippen molar-refractivity contribution in [3.63, 3.8) is 0 Å². The maximum absolute atomic E-state index is 5.37. The van der Waals surface area contributed by atoms with Gasteiger partial charge < -0.3 is 5.32 Å². The quantitative estimate of drug-likeness (QED) is 0.514. The Morgan fingerprint density at radius 3 is 2.79 bits per heavy atom. The number of hydrogen-bond acceptors (Lipinski definition) is 7. The van der Waals surface area contributed by atoms with Gasteiger partial charge in [-0.15, -0.1) is 0 Å². The second kappa shape index (κ2) is 5.19. The van der Waals surface area contributed by atoms with E-state index >= 15 is 0 Å². The van der Waals surface area contributed by atoms with Crippen molar-refractivity contribution in [1.82, 2.24) is 24.5 Å². The molecule has 2 heterocycles. The number of rotatable bonds is 6. The summed E-state index contributed by atoms with van der Waals surface area (Å²) in [5, 5.41) is 3.20. The first-order valence-corrected chi connectivity index (χ1v) is 6.30. The number of anilines is 2. The van der Waals surface area contributed by atoms with E-state index in [0.717, 1.165) is 18.9 Å². The molecule has 0 unspecified atom stereocenters. The summed E-state index contributed by atoms with van der Waals surface area (Å²) >= 11 is 0. The summed E-state index contributed by atoms with van der Waals surface area (Å²) in [6.07, 6.45) is 8.90. The summed E-state index contributed by atoms with van der Waals surface area (Å²) < 4.78 is 1.70. The molecule has 100 valence electrons. The molecule has 0 aromatic carbocycles. The van der Waals surface area contributed by atoms with E-state index in [9.17, 15) is 0 Å². The lowest BCUT2D eigenvalue weighted by Crippen LogP contribution is -2.16. The summed E-state index contributed by atoms with van der Waals surface area (Å²) in [7, 11) is 0. The minimum absolute atomic E-state index is 0.327. The monoisotopic (exact) mass is 260 g/mol. The van der Waals surface area contributed by atoms with Crippen molar-refractivity contribution in [2.45, 2.75) is 19.3 Å². The van der Waals surface area contributed by atoms with Crippen LogP contribution in [0.1, 0.15) is 19.3 Å². The molecule has 4 N–H and O–H groups in total. The van der Waals surface area contributed by atoms with Crippen LogP contribution >= 0.6 is 0 Å². The Kier molecular flexibility index (Phi) is 3.23. The van der Waals surface area contributed by atoms with Gasteiger partial charge in [-0.3, -0.25) is 9.99 Å². The van der Waals surface area contributed by atoms with Crippen molar-refractivity contribution in [2.24, 2.45) is 11.8 Å². The van der Waals surface area contributed by atoms with E-state index in [0.29, 0.717) is 17.8 Å². The molecule has 0 amide bonds. The molecule has 8 nitrogen and oxygen atoms in total. The van der Waals surface area contributed by atoms with Crippen LogP contribution in [0.5, 0.6) is 0 Å². The van der Waals surface area contributed by atoms with Gasteiger partial charge in [0.1, 0.15) is 6.33 Å². The van der Waals surface area contributed by atoms with Gasteiger partial charge >= 0.3 is 0 Å². The largest absolute Gasteiger partial charge is 0.354 e. The third-order valence-electron chi connectivity index (χ3n) is 3.02. The summed E-state index contributed by atoms with van der Waals surface area (Å²) in [5.74, 6) is 7.57. The molecule has 1 saturated carbocycles. The van der Waals surface area contributed by atoms with Crippen LogP contribution in [0.4, 0.5) is 11.9 Å². The maximum atomic E-state index is 5.37. The van der Waals surface area contributed by atoms with Gasteiger partial charge in [0.2, 0.25) is 17.8 Å². The third-order valence-corrected chi connectivity index (χ3v) is 3.02. The number of hydrogen-bond donors (Lipinski definition) is 3. The lowest BCUT2D eigenvalue weighted by molar-refractivity contribution is 0.753. The van der Waals surface area contributed by atoms with E-state index in [4.69, 9.17) is 5.84 Å². The maximum Gasteiger partial charge on any atom is 0.243 e. The number of imidazole rings is 1. The molecule has 0 radical (unpaired) electrons. The summed E-state index contributed by atoms with van der Waals surface area (Å²) in [6.45, 7) is 0.863. The van der Waals surface area contributed by atoms with E-state index in [2.05, 4.69) is 30.7 Å². The minimum atomic E-state index is 0.327. The van der Waals surface area contributed by atoms with Crippen LogP contribution in [0.15, 0.2) is 18.7 Å². The van der Waals surface area contributed by atoms with Gasteiger partial charge in [-0.2, -0.15) is 15.0 Å². The number of nitrogens with one attached hydrogen (secondary N) is 2. The number of aromatic nitrogens is 5. The molecule has 0 atom stereocenters. The summed E-state index contributed by atoms with van der Waals surface area (Å²) in [4.78, 5) is 16.7. The van der Waals surface area contributed by atoms with Crippen molar-refractivity contribution in [3.05, 3.63) is 18.7 Å². The van der Waals surface area contributed by atoms with Gasteiger partial charge in [0, 0.05) is 18.9 Å². The first-order valence-electron chi connectivity index (χ1n) is 6.30. The minimum Gasteiger partial charge on any atom is -0.354 e. The molecular weight excluding hydrogens is 244 g/mol. The number of nitrogens with two attached hydrogens (primary N) is 1. The van der Waals surface area contributed by atoms with Crippen LogP contribution in [-0.4, -0.2) is 31.0 Å². The molecule has 2 aromatic heterocycles. The molecule has 0 aliphatic heterocycles. The highest BCUT2D eigenvalue weighted by molar-refractivity contribution is 5.37. The third kappa shape index (κ3) is 2.97. The Morgan fingerprint density at radius 1 is 1.26 bits per heavy atom. The zero-order valence-corrected chi connectivity index (χ0v) is 10.5. The molecule has 3 rings (SSSR count). The van der Waals surface area contributed by atoms with Crippen molar-refractivity contribution >= 4 is 11.9 Å². The van der Waals surface area contributed by atoms with Crippen molar-refractivity contribution in [2.75, 3.05) is 17.3 Å². The van der Waals surface area contributed by atoms with Crippen LogP contribution in [0.25, 0.3) is 5.95 Å². The van der Waals surface area contributed by atoms with Crippen LogP contribution in [0, 0.1) is 5.92 Å². The Bertz CT molecular complexity index is 534. The second-order valence-corrected chi connectivity index (χ2v) is 4.56. The number of nitrogens with zero attached hydrogens (tertiary/aromatic N) is 5. The van der Waals surface area contributed by atoms with Crippen molar-refractivity contribution < 1.29 is 0 Å². The van der Waals surface area contributed by atoms with Crippen LogP contribution in [0.3, 0.4) is 0 Å². The number of hydrazine groups is 1. The fourth-order valence-electron chi connectivity index (χ4n) is 1.80. The van der Waals surface area contributed by atoms with Gasteiger partial charge in [0.25, 0.3) is 0 Å². The van der Waals surface area contributed by atoms with E-state index in [1.165, 1.54) is 12.8 Å². The molecule has 19 heavy (non-hydrogen) atoms. The highest BCUT2D eigenvalue weighted by Crippen LogP contribution is 2.31. The summed E-state index contributed by atoms with van der Waals surface area (Å²) in [6, 6.07) is 0. The highest BCUT2D eigenvalue weighted by Gasteiger charge is 2.20. The molecule has 1 aliphatic carbocycles. The molecule has 8 heteroatoms. The van der Waals surface area contributed by atoms with Gasteiger partial charge in [-0.1, -0.05) is 12.8 Å². The lowest BCUT2D eigenvalue weighted by Gasteiger charge is -2.08.